The summed E-state index contributed by atoms with van der Waals surface area (Å²) in [6.45, 7) is 17.2. The SMILES string of the molecule is CC.CC.CCNCC1(CC)CCNCC1. The monoisotopic (exact) mass is 230 g/mol. The van der Waals surface area contributed by atoms with Crippen LogP contribution in [0, 0.1) is 5.41 Å². The second-order valence-corrected chi connectivity index (χ2v) is 3.88. The van der Waals surface area contributed by atoms with Gasteiger partial charge in [-0.1, -0.05) is 41.5 Å². The first-order valence-corrected chi connectivity index (χ1v) is 7.24. The fraction of sp³-hybridized carbons (Fsp3) is 1.00. The molecule has 0 saturated carbocycles. The lowest BCUT2D eigenvalue weighted by Crippen LogP contribution is -2.42. The normalized spacial score (nSPS) is 17.6. The summed E-state index contributed by atoms with van der Waals surface area (Å²) in [6.07, 6.45) is 4.01. The van der Waals surface area contributed by atoms with Gasteiger partial charge in [-0.05, 0) is 44.3 Å². The van der Waals surface area contributed by atoms with E-state index < -0.39 is 0 Å². The lowest BCUT2D eigenvalue weighted by Gasteiger charge is -2.37. The molecule has 0 unspecified atom stereocenters. The van der Waals surface area contributed by atoms with Gasteiger partial charge in [0.1, 0.15) is 0 Å². The van der Waals surface area contributed by atoms with E-state index in [1.165, 1.54) is 38.9 Å². The molecule has 1 aliphatic rings. The van der Waals surface area contributed by atoms with Gasteiger partial charge < -0.3 is 10.6 Å². The number of hydrogen-bond donors (Lipinski definition) is 2. The van der Waals surface area contributed by atoms with Crippen molar-refractivity contribution in [3.05, 3.63) is 0 Å². The van der Waals surface area contributed by atoms with Gasteiger partial charge in [0.2, 0.25) is 0 Å². The van der Waals surface area contributed by atoms with Crippen LogP contribution in [-0.2, 0) is 0 Å². The van der Waals surface area contributed by atoms with Crippen molar-refractivity contribution in [3.8, 4) is 0 Å². The van der Waals surface area contributed by atoms with E-state index >= 15 is 0 Å². The van der Waals surface area contributed by atoms with Gasteiger partial charge in [0.25, 0.3) is 0 Å². The van der Waals surface area contributed by atoms with Gasteiger partial charge >= 0.3 is 0 Å². The second-order valence-electron chi connectivity index (χ2n) is 3.88. The molecule has 100 valence electrons. The third-order valence-corrected chi connectivity index (χ3v) is 3.16. The highest BCUT2D eigenvalue weighted by molar-refractivity contribution is 4.85. The number of rotatable bonds is 4. The first-order chi connectivity index (χ1) is 7.83. The van der Waals surface area contributed by atoms with Crippen LogP contribution in [0.2, 0.25) is 0 Å². The minimum Gasteiger partial charge on any atom is -0.317 e. The molecule has 2 nitrogen and oxygen atoms in total. The standard InChI is InChI=1S/C10H22N2.2C2H6/c1-3-10(9-11-4-2)5-7-12-8-6-10;2*1-2/h11-12H,3-9H2,1-2H3;2*1-2H3. The van der Waals surface area contributed by atoms with Crippen LogP contribution in [0.15, 0.2) is 0 Å². The highest BCUT2D eigenvalue weighted by Crippen LogP contribution is 2.31. The van der Waals surface area contributed by atoms with Gasteiger partial charge in [-0.25, -0.2) is 0 Å². The predicted octanol–water partition coefficient (Wildman–Crippen LogP) is 3.43. The summed E-state index contributed by atoms with van der Waals surface area (Å²) in [5, 5.41) is 6.90. The van der Waals surface area contributed by atoms with E-state index in [0.29, 0.717) is 5.41 Å². The largest absolute Gasteiger partial charge is 0.317 e. The molecule has 16 heavy (non-hydrogen) atoms. The summed E-state index contributed by atoms with van der Waals surface area (Å²) in [6, 6.07) is 0. The molecule has 1 heterocycles. The number of piperidine rings is 1. The van der Waals surface area contributed by atoms with E-state index in [0.717, 1.165) is 6.54 Å². The minimum absolute atomic E-state index is 0.598. The number of hydrogen-bond acceptors (Lipinski definition) is 2. The molecule has 1 aliphatic heterocycles. The van der Waals surface area contributed by atoms with Crippen LogP contribution >= 0.6 is 0 Å². The van der Waals surface area contributed by atoms with Crippen LogP contribution < -0.4 is 10.6 Å². The highest BCUT2D eigenvalue weighted by atomic mass is 14.9. The molecule has 0 aromatic carbocycles. The fourth-order valence-electron chi connectivity index (χ4n) is 2.00. The molecular formula is C14H34N2. The molecule has 0 atom stereocenters. The first kappa shape index (κ1) is 18.3. The van der Waals surface area contributed by atoms with E-state index in [4.69, 9.17) is 0 Å². The highest BCUT2D eigenvalue weighted by Gasteiger charge is 2.29. The van der Waals surface area contributed by atoms with Crippen molar-refractivity contribution >= 4 is 0 Å². The van der Waals surface area contributed by atoms with Crippen molar-refractivity contribution in [1.82, 2.24) is 10.6 Å². The summed E-state index contributed by atoms with van der Waals surface area (Å²) >= 11 is 0. The maximum absolute atomic E-state index is 3.48. The van der Waals surface area contributed by atoms with Gasteiger partial charge in [0.05, 0.1) is 0 Å². The Balaban J connectivity index is 0. The maximum atomic E-state index is 3.48. The first-order valence-electron chi connectivity index (χ1n) is 7.24. The van der Waals surface area contributed by atoms with Gasteiger partial charge in [-0.3, -0.25) is 0 Å². The summed E-state index contributed by atoms with van der Waals surface area (Å²) in [5.41, 5.74) is 0.598. The Bertz CT molecular complexity index is 118. The molecule has 0 aromatic rings. The Morgan fingerprint density at radius 1 is 1.00 bits per heavy atom. The molecule has 1 fully saturated rings. The lowest BCUT2D eigenvalue weighted by atomic mass is 9.76. The van der Waals surface area contributed by atoms with Crippen LogP contribution in [0.1, 0.15) is 60.8 Å². The van der Waals surface area contributed by atoms with Gasteiger partial charge in [0.15, 0.2) is 0 Å². The average molecular weight is 230 g/mol. The van der Waals surface area contributed by atoms with Crippen LogP contribution in [0.25, 0.3) is 0 Å². The Kier molecular flexibility index (Phi) is 14.8. The van der Waals surface area contributed by atoms with E-state index in [-0.39, 0.29) is 0 Å². The smallest absolute Gasteiger partial charge is 0.000854 e. The average Bonchev–Trinajstić information content (AvgIpc) is 2.42. The Hall–Kier alpha value is -0.0800. The molecule has 1 saturated heterocycles. The van der Waals surface area contributed by atoms with Crippen LogP contribution in [0.3, 0.4) is 0 Å². The van der Waals surface area contributed by atoms with Crippen molar-refractivity contribution in [3.63, 3.8) is 0 Å². The second kappa shape index (κ2) is 13.0. The van der Waals surface area contributed by atoms with Gasteiger partial charge in [-0.15, -0.1) is 0 Å². The van der Waals surface area contributed by atoms with Crippen molar-refractivity contribution in [2.45, 2.75) is 60.8 Å². The molecule has 2 N–H and O–H groups in total. The predicted molar refractivity (Wildman–Crippen MR) is 76.1 cm³/mol. The van der Waals surface area contributed by atoms with E-state index in [1.807, 2.05) is 27.7 Å². The molecule has 0 bridgehead atoms. The van der Waals surface area contributed by atoms with E-state index in [1.54, 1.807) is 0 Å². The third kappa shape index (κ3) is 7.24. The van der Waals surface area contributed by atoms with Gasteiger partial charge in [-0.2, -0.15) is 0 Å². The Morgan fingerprint density at radius 3 is 1.88 bits per heavy atom. The Morgan fingerprint density at radius 2 is 1.50 bits per heavy atom. The van der Waals surface area contributed by atoms with E-state index in [9.17, 15) is 0 Å². The molecule has 1 rings (SSSR count). The molecule has 2 heteroatoms. The number of nitrogens with one attached hydrogen (secondary N) is 2. The molecular weight excluding hydrogens is 196 g/mol. The summed E-state index contributed by atoms with van der Waals surface area (Å²) in [4.78, 5) is 0. The lowest BCUT2D eigenvalue weighted by molar-refractivity contribution is 0.187. The van der Waals surface area contributed by atoms with Crippen molar-refractivity contribution < 1.29 is 0 Å². The Labute approximate surface area is 104 Å². The van der Waals surface area contributed by atoms with Crippen LogP contribution in [0.5, 0.6) is 0 Å². The van der Waals surface area contributed by atoms with Crippen LogP contribution in [-0.4, -0.2) is 26.2 Å². The quantitative estimate of drug-likeness (QED) is 0.773. The molecule has 0 amide bonds. The molecule has 0 spiro atoms. The van der Waals surface area contributed by atoms with Crippen LogP contribution in [0.4, 0.5) is 0 Å². The zero-order valence-corrected chi connectivity index (χ0v) is 12.4. The zero-order chi connectivity index (χ0) is 12.9. The van der Waals surface area contributed by atoms with Gasteiger partial charge in [0, 0.05) is 6.54 Å². The molecule has 0 aromatic heterocycles. The maximum Gasteiger partial charge on any atom is 0.000854 e. The molecule has 0 aliphatic carbocycles. The zero-order valence-electron chi connectivity index (χ0n) is 12.4. The third-order valence-electron chi connectivity index (χ3n) is 3.16. The molecule has 0 radical (unpaired) electrons. The van der Waals surface area contributed by atoms with E-state index in [2.05, 4.69) is 24.5 Å². The summed E-state index contributed by atoms with van der Waals surface area (Å²) < 4.78 is 0. The fourth-order valence-corrected chi connectivity index (χ4v) is 2.00. The summed E-state index contributed by atoms with van der Waals surface area (Å²) in [5.74, 6) is 0. The topological polar surface area (TPSA) is 24.1 Å². The minimum atomic E-state index is 0.598. The van der Waals surface area contributed by atoms with Crippen molar-refractivity contribution in [2.75, 3.05) is 26.2 Å². The summed E-state index contributed by atoms with van der Waals surface area (Å²) in [7, 11) is 0. The van der Waals surface area contributed by atoms with Crippen molar-refractivity contribution in [2.24, 2.45) is 5.41 Å². The van der Waals surface area contributed by atoms with Crippen molar-refractivity contribution in [1.29, 1.82) is 0 Å².